The van der Waals surface area contributed by atoms with Gasteiger partial charge in [-0.05, 0) is 25.2 Å². The standard InChI is InChI=1S/C20H34N4O11S2/c1-11(2)6-15(23-20(29)35-10-12-8-24(9-12)36(3,30)31)18(27)22-14(7-13-4-5-21-17(13)26)16(25)19(28)37(32,33)34/h11-15,19,28H,4-10H2,1-3H3,(H,21,26)(H,22,27)(H,23,29)(H,32,33,34)/p-1/t13-,14+,15+,19?/m1/s1. The molecule has 2 aliphatic rings. The number of rotatable bonds is 13. The molecule has 212 valence electrons. The molecule has 2 aliphatic heterocycles. The molecule has 1 unspecified atom stereocenters. The van der Waals surface area contributed by atoms with Crippen molar-refractivity contribution in [1.29, 1.82) is 0 Å². The number of amides is 3. The number of aliphatic hydroxyl groups is 1. The molecule has 37 heavy (non-hydrogen) atoms. The summed E-state index contributed by atoms with van der Waals surface area (Å²) in [5, 5.41) is 16.8. The highest BCUT2D eigenvalue weighted by atomic mass is 32.2. The molecular weight excluding hydrogens is 536 g/mol. The number of ether oxygens (including phenoxy) is 1. The van der Waals surface area contributed by atoms with Gasteiger partial charge in [0.25, 0.3) is 0 Å². The first-order chi connectivity index (χ1) is 17.0. The number of carbonyl (C=O) groups excluding carboxylic acids is 4. The minimum atomic E-state index is -5.44. The highest BCUT2D eigenvalue weighted by Gasteiger charge is 2.38. The summed E-state index contributed by atoms with van der Waals surface area (Å²) < 4.78 is 62.7. The van der Waals surface area contributed by atoms with E-state index in [1.54, 1.807) is 13.8 Å². The van der Waals surface area contributed by atoms with E-state index >= 15 is 0 Å². The van der Waals surface area contributed by atoms with Crippen LogP contribution in [0.25, 0.3) is 0 Å². The Balaban J connectivity index is 2.06. The average molecular weight is 570 g/mol. The number of ketones is 1. The Morgan fingerprint density at radius 3 is 2.27 bits per heavy atom. The Hall–Kier alpha value is -2.34. The number of alkyl carbamates (subject to hydrolysis) is 1. The van der Waals surface area contributed by atoms with Crippen LogP contribution in [0.1, 0.15) is 33.1 Å². The number of hydrogen-bond acceptors (Lipinski definition) is 11. The summed E-state index contributed by atoms with van der Waals surface area (Å²) in [5.41, 5.74) is -2.95. The fourth-order valence-corrected chi connectivity index (χ4v) is 5.38. The molecule has 2 rings (SSSR count). The molecule has 0 bridgehead atoms. The Kier molecular flexibility index (Phi) is 10.4. The monoisotopic (exact) mass is 569 g/mol. The van der Waals surface area contributed by atoms with Crippen molar-refractivity contribution in [3.8, 4) is 0 Å². The fourth-order valence-electron chi connectivity index (χ4n) is 3.97. The van der Waals surface area contributed by atoms with Crippen LogP contribution >= 0.6 is 0 Å². The lowest BCUT2D eigenvalue weighted by Crippen LogP contribution is -2.55. The molecule has 0 aliphatic carbocycles. The van der Waals surface area contributed by atoms with Crippen molar-refractivity contribution in [3.05, 3.63) is 0 Å². The summed E-state index contributed by atoms with van der Waals surface area (Å²) >= 11 is 0. The first-order valence-electron chi connectivity index (χ1n) is 11.6. The third-order valence-corrected chi connectivity index (χ3v) is 8.03. The molecule has 2 saturated heterocycles. The maximum Gasteiger partial charge on any atom is 0.407 e. The first-order valence-corrected chi connectivity index (χ1v) is 14.9. The molecule has 17 heteroatoms. The molecule has 0 aromatic heterocycles. The maximum absolute atomic E-state index is 13.0. The van der Waals surface area contributed by atoms with Crippen LogP contribution < -0.4 is 16.0 Å². The van der Waals surface area contributed by atoms with Gasteiger partial charge in [-0.25, -0.2) is 25.9 Å². The second kappa shape index (κ2) is 12.5. The number of nitrogens with zero attached hydrogens (tertiary/aromatic N) is 1. The van der Waals surface area contributed by atoms with Crippen LogP contribution in [0.2, 0.25) is 0 Å². The predicted octanol–water partition coefficient (Wildman–Crippen LogP) is -2.54. The Morgan fingerprint density at radius 1 is 1.16 bits per heavy atom. The zero-order chi connectivity index (χ0) is 28.1. The van der Waals surface area contributed by atoms with Crippen LogP contribution in [0.5, 0.6) is 0 Å². The number of aliphatic hydroxyl groups excluding tert-OH is 1. The van der Waals surface area contributed by atoms with Crippen LogP contribution in [0.4, 0.5) is 4.79 Å². The van der Waals surface area contributed by atoms with Crippen LogP contribution in [0, 0.1) is 17.8 Å². The quantitative estimate of drug-likeness (QED) is 0.169. The molecular formula is C20H33N4O11S2-. The minimum absolute atomic E-state index is 0.0828. The highest BCUT2D eigenvalue weighted by Crippen LogP contribution is 2.20. The highest BCUT2D eigenvalue weighted by molar-refractivity contribution is 7.88. The van der Waals surface area contributed by atoms with Gasteiger partial charge in [0, 0.05) is 31.5 Å². The molecule has 2 fully saturated rings. The summed E-state index contributed by atoms with van der Waals surface area (Å²) in [6.45, 7) is 4.07. The van der Waals surface area contributed by atoms with E-state index in [2.05, 4.69) is 16.0 Å². The molecule has 0 radical (unpaired) electrons. The zero-order valence-corrected chi connectivity index (χ0v) is 22.3. The topological polar surface area (TPSA) is 228 Å². The summed E-state index contributed by atoms with van der Waals surface area (Å²) in [6.07, 6.45) is 0.101. The van der Waals surface area contributed by atoms with Crippen molar-refractivity contribution >= 4 is 43.8 Å². The second-order valence-corrected chi connectivity index (χ2v) is 13.1. The number of sulfonamides is 1. The molecule has 2 heterocycles. The fraction of sp³-hybridized carbons (Fsp3) is 0.800. The summed E-state index contributed by atoms with van der Waals surface area (Å²) in [5.74, 6) is -3.95. The summed E-state index contributed by atoms with van der Waals surface area (Å²) in [7, 11) is -8.77. The van der Waals surface area contributed by atoms with Crippen molar-refractivity contribution in [2.24, 2.45) is 17.8 Å². The van der Waals surface area contributed by atoms with Gasteiger partial charge in [0.1, 0.15) is 16.2 Å². The van der Waals surface area contributed by atoms with Crippen molar-refractivity contribution in [2.75, 3.05) is 32.5 Å². The Morgan fingerprint density at radius 2 is 1.78 bits per heavy atom. The first kappa shape index (κ1) is 30.9. The van der Waals surface area contributed by atoms with E-state index in [9.17, 15) is 45.7 Å². The van der Waals surface area contributed by atoms with Gasteiger partial charge in [0.2, 0.25) is 27.3 Å². The van der Waals surface area contributed by atoms with Crippen molar-refractivity contribution < 1.29 is 50.4 Å². The van der Waals surface area contributed by atoms with E-state index < -0.39 is 67.3 Å². The van der Waals surface area contributed by atoms with Crippen molar-refractivity contribution in [3.63, 3.8) is 0 Å². The maximum atomic E-state index is 13.0. The van der Waals surface area contributed by atoms with E-state index in [0.29, 0.717) is 6.54 Å². The van der Waals surface area contributed by atoms with Gasteiger partial charge in [0.15, 0.2) is 5.78 Å². The third kappa shape index (κ3) is 9.17. The summed E-state index contributed by atoms with van der Waals surface area (Å²) in [4.78, 5) is 49.8. The van der Waals surface area contributed by atoms with E-state index in [-0.39, 0.29) is 50.8 Å². The second-order valence-electron chi connectivity index (χ2n) is 9.69. The third-order valence-electron chi connectivity index (χ3n) is 6.02. The normalized spacial score (nSPS) is 21.5. The minimum Gasteiger partial charge on any atom is -0.746 e. The van der Waals surface area contributed by atoms with E-state index in [0.717, 1.165) is 6.26 Å². The van der Waals surface area contributed by atoms with Gasteiger partial charge >= 0.3 is 6.09 Å². The van der Waals surface area contributed by atoms with Gasteiger partial charge in [-0.15, -0.1) is 0 Å². The molecule has 15 nitrogen and oxygen atoms in total. The molecule has 4 N–H and O–H groups in total. The van der Waals surface area contributed by atoms with Crippen LogP contribution in [0.15, 0.2) is 0 Å². The van der Waals surface area contributed by atoms with Crippen molar-refractivity contribution in [1.82, 2.24) is 20.3 Å². The van der Waals surface area contributed by atoms with Crippen LogP contribution in [-0.4, -0.2) is 105 Å². The molecule has 0 saturated carbocycles. The van der Waals surface area contributed by atoms with Crippen LogP contribution in [0.3, 0.4) is 0 Å². The van der Waals surface area contributed by atoms with Gasteiger partial charge in [-0.3, -0.25) is 14.4 Å². The van der Waals surface area contributed by atoms with Gasteiger partial charge in [-0.2, -0.15) is 0 Å². The molecule has 0 aromatic rings. The smallest absolute Gasteiger partial charge is 0.407 e. The molecule has 0 spiro atoms. The van der Waals surface area contributed by atoms with Gasteiger partial charge in [0.05, 0.1) is 18.9 Å². The predicted molar refractivity (Wildman–Crippen MR) is 126 cm³/mol. The molecule has 0 aromatic carbocycles. The lowest BCUT2D eigenvalue weighted by atomic mass is 9.95. The van der Waals surface area contributed by atoms with E-state index in [4.69, 9.17) is 4.74 Å². The zero-order valence-electron chi connectivity index (χ0n) is 20.7. The lowest BCUT2D eigenvalue weighted by molar-refractivity contribution is -0.132. The Labute approximate surface area is 215 Å². The SMILES string of the molecule is CC(C)C[C@H](NC(=O)OCC1CN(S(C)(=O)=O)C1)C(=O)N[C@@H](C[C@H]1CCNC1=O)C(=O)C(O)S(=O)(=O)[O-]. The van der Waals surface area contributed by atoms with E-state index in [1.807, 2.05) is 0 Å². The van der Waals surface area contributed by atoms with Crippen molar-refractivity contribution in [2.45, 2.75) is 50.6 Å². The molecule has 4 atom stereocenters. The molecule has 3 amide bonds. The van der Waals surface area contributed by atoms with Crippen LogP contribution in [-0.2, 0) is 39.3 Å². The number of nitrogens with one attached hydrogen (secondary N) is 3. The Bertz CT molecular complexity index is 1090. The largest absolute Gasteiger partial charge is 0.746 e. The van der Waals surface area contributed by atoms with E-state index in [1.165, 1.54) is 4.31 Å². The van der Waals surface area contributed by atoms with Gasteiger partial charge in [-0.1, -0.05) is 13.8 Å². The number of hydrogen-bond donors (Lipinski definition) is 4. The number of Topliss-reactive ketones (excluding diaryl/α,β-unsaturated/α-hetero) is 1. The number of carbonyl (C=O) groups is 4. The lowest BCUT2D eigenvalue weighted by Gasteiger charge is -2.36. The average Bonchev–Trinajstić information content (AvgIpc) is 3.12. The summed E-state index contributed by atoms with van der Waals surface area (Å²) in [6, 6.07) is -2.93. The van der Waals surface area contributed by atoms with Gasteiger partial charge < -0.3 is 30.3 Å².